The fourth-order valence-electron chi connectivity index (χ4n) is 2.64. The van der Waals surface area contributed by atoms with Gasteiger partial charge in [-0.2, -0.15) is 13.2 Å². The summed E-state index contributed by atoms with van der Waals surface area (Å²) in [7, 11) is 1.30. The Hall–Kier alpha value is -2.50. The van der Waals surface area contributed by atoms with E-state index >= 15 is 0 Å². The van der Waals surface area contributed by atoms with Gasteiger partial charge in [-0.1, -0.05) is 12.1 Å². The number of alkyl halides is 3. The number of hydrogen-bond donors (Lipinski definition) is 0. The Balaban J connectivity index is 1.78. The standard InChI is InChI=1S/C19H17F3O3/c1-24-18(23)14-4-2-3-12(9-14)11-25-17-8-7-15(19(20,21)22)10-16(17)13-5-6-13/h2-4,7-10,13H,5-6,11H2,1H3. The molecular formula is C19H17F3O3. The first-order chi connectivity index (χ1) is 11.9. The van der Waals surface area contributed by atoms with Crippen LogP contribution in [0.1, 0.15) is 45.8 Å². The van der Waals surface area contributed by atoms with Gasteiger partial charge in [0.2, 0.25) is 0 Å². The van der Waals surface area contributed by atoms with Crippen LogP contribution in [0.2, 0.25) is 0 Å². The zero-order valence-electron chi connectivity index (χ0n) is 13.6. The molecule has 0 bridgehead atoms. The number of methoxy groups -OCH3 is 1. The van der Waals surface area contributed by atoms with Crippen LogP contribution in [0.5, 0.6) is 5.75 Å². The summed E-state index contributed by atoms with van der Waals surface area (Å²) < 4.78 is 49.1. The maximum absolute atomic E-state index is 12.9. The summed E-state index contributed by atoms with van der Waals surface area (Å²) in [6.07, 6.45) is -2.62. The van der Waals surface area contributed by atoms with Crippen LogP contribution in [-0.4, -0.2) is 13.1 Å². The molecule has 0 aromatic heterocycles. The summed E-state index contributed by atoms with van der Waals surface area (Å²) in [4.78, 5) is 11.6. The van der Waals surface area contributed by atoms with E-state index in [2.05, 4.69) is 4.74 Å². The second-order valence-electron chi connectivity index (χ2n) is 6.01. The van der Waals surface area contributed by atoms with Crippen LogP contribution in [0.4, 0.5) is 13.2 Å². The third kappa shape index (κ3) is 4.13. The average Bonchev–Trinajstić information content (AvgIpc) is 3.43. The highest BCUT2D eigenvalue weighted by Crippen LogP contribution is 2.46. The Morgan fingerprint density at radius 1 is 1.16 bits per heavy atom. The van der Waals surface area contributed by atoms with Gasteiger partial charge in [-0.3, -0.25) is 0 Å². The van der Waals surface area contributed by atoms with Gasteiger partial charge < -0.3 is 9.47 Å². The summed E-state index contributed by atoms with van der Waals surface area (Å²) in [6, 6.07) is 10.4. The van der Waals surface area contributed by atoms with Crippen molar-refractivity contribution in [2.24, 2.45) is 0 Å². The van der Waals surface area contributed by atoms with Gasteiger partial charge in [0.15, 0.2) is 0 Å². The molecule has 1 aliphatic rings. The number of benzene rings is 2. The van der Waals surface area contributed by atoms with E-state index in [9.17, 15) is 18.0 Å². The number of ether oxygens (including phenoxy) is 2. The van der Waals surface area contributed by atoms with Crippen LogP contribution in [0.25, 0.3) is 0 Å². The molecule has 25 heavy (non-hydrogen) atoms. The van der Waals surface area contributed by atoms with Gasteiger partial charge in [0.1, 0.15) is 12.4 Å². The Morgan fingerprint density at radius 2 is 1.92 bits per heavy atom. The molecule has 3 rings (SSSR count). The van der Waals surface area contributed by atoms with E-state index < -0.39 is 17.7 Å². The highest BCUT2D eigenvalue weighted by atomic mass is 19.4. The zero-order chi connectivity index (χ0) is 18.0. The molecule has 0 amide bonds. The van der Waals surface area contributed by atoms with Crippen LogP contribution in [0.15, 0.2) is 42.5 Å². The predicted molar refractivity (Wildman–Crippen MR) is 85.5 cm³/mol. The monoisotopic (exact) mass is 350 g/mol. The van der Waals surface area contributed by atoms with Crippen LogP contribution in [0.3, 0.4) is 0 Å². The summed E-state index contributed by atoms with van der Waals surface area (Å²) >= 11 is 0. The number of carbonyl (C=O) groups is 1. The molecule has 0 N–H and O–H groups in total. The zero-order valence-corrected chi connectivity index (χ0v) is 13.6. The topological polar surface area (TPSA) is 35.5 Å². The molecule has 1 saturated carbocycles. The lowest BCUT2D eigenvalue weighted by atomic mass is 10.1. The number of esters is 1. The third-order valence-electron chi connectivity index (χ3n) is 4.10. The molecule has 2 aromatic rings. The molecule has 0 heterocycles. The highest BCUT2D eigenvalue weighted by Gasteiger charge is 2.34. The first-order valence-corrected chi connectivity index (χ1v) is 7.89. The van der Waals surface area contributed by atoms with Crippen LogP contribution >= 0.6 is 0 Å². The van der Waals surface area contributed by atoms with E-state index in [0.29, 0.717) is 16.9 Å². The maximum atomic E-state index is 12.9. The normalized spacial score (nSPS) is 14.2. The summed E-state index contributed by atoms with van der Waals surface area (Å²) in [5.41, 5.74) is 1.08. The SMILES string of the molecule is COC(=O)c1cccc(COc2ccc(C(F)(F)F)cc2C2CC2)c1. The second-order valence-corrected chi connectivity index (χ2v) is 6.01. The molecule has 6 heteroatoms. The fourth-order valence-corrected chi connectivity index (χ4v) is 2.64. The highest BCUT2D eigenvalue weighted by molar-refractivity contribution is 5.89. The number of rotatable bonds is 5. The largest absolute Gasteiger partial charge is 0.489 e. The molecule has 1 fully saturated rings. The molecule has 0 spiro atoms. The Morgan fingerprint density at radius 3 is 2.56 bits per heavy atom. The lowest BCUT2D eigenvalue weighted by Crippen LogP contribution is -2.07. The molecule has 0 unspecified atom stereocenters. The molecule has 132 valence electrons. The van der Waals surface area contributed by atoms with Crippen LogP contribution in [-0.2, 0) is 17.5 Å². The molecule has 0 atom stereocenters. The van der Waals surface area contributed by atoms with Crippen molar-refractivity contribution in [3.63, 3.8) is 0 Å². The third-order valence-corrected chi connectivity index (χ3v) is 4.10. The molecule has 3 nitrogen and oxygen atoms in total. The lowest BCUT2D eigenvalue weighted by molar-refractivity contribution is -0.137. The van der Waals surface area contributed by atoms with Crippen LogP contribution in [0, 0.1) is 0 Å². The van der Waals surface area contributed by atoms with Crippen molar-refractivity contribution in [1.82, 2.24) is 0 Å². The predicted octanol–water partition coefficient (Wildman–Crippen LogP) is 4.95. The summed E-state index contributed by atoms with van der Waals surface area (Å²) in [5, 5.41) is 0. The van der Waals surface area contributed by atoms with Gasteiger partial charge in [-0.05, 0) is 60.2 Å². The Kier molecular flexibility index (Phi) is 4.70. The molecule has 0 saturated heterocycles. The fraction of sp³-hybridized carbons (Fsp3) is 0.316. The van der Waals surface area contributed by atoms with Crippen molar-refractivity contribution < 1.29 is 27.4 Å². The maximum Gasteiger partial charge on any atom is 0.416 e. The van der Waals surface area contributed by atoms with Gasteiger partial charge in [0, 0.05) is 0 Å². The van der Waals surface area contributed by atoms with Crippen molar-refractivity contribution in [3.8, 4) is 5.75 Å². The lowest BCUT2D eigenvalue weighted by Gasteiger charge is -2.14. The molecule has 0 aliphatic heterocycles. The van der Waals surface area contributed by atoms with E-state index in [0.717, 1.165) is 24.5 Å². The quantitative estimate of drug-likeness (QED) is 0.716. The van der Waals surface area contributed by atoms with Crippen molar-refractivity contribution >= 4 is 5.97 Å². The Bertz CT molecular complexity index is 780. The van der Waals surface area contributed by atoms with Crippen LogP contribution < -0.4 is 4.74 Å². The van der Waals surface area contributed by atoms with Gasteiger partial charge in [-0.15, -0.1) is 0 Å². The minimum atomic E-state index is -4.36. The molecular weight excluding hydrogens is 333 g/mol. The smallest absolute Gasteiger partial charge is 0.416 e. The summed E-state index contributed by atoms with van der Waals surface area (Å²) in [5.74, 6) is 0.132. The van der Waals surface area contributed by atoms with Gasteiger partial charge in [0.05, 0.1) is 18.2 Å². The van der Waals surface area contributed by atoms with E-state index in [1.54, 1.807) is 24.3 Å². The average molecular weight is 350 g/mol. The molecule has 0 radical (unpaired) electrons. The number of carbonyl (C=O) groups excluding carboxylic acids is 1. The van der Waals surface area contributed by atoms with Crippen molar-refractivity contribution in [3.05, 3.63) is 64.7 Å². The molecule has 1 aliphatic carbocycles. The van der Waals surface area contributed by atoms with Gasteiger partial charge in [0.25, 0.3) is 0 Å². The first kappa shape index (κ1) is 17.3. The van der Waals surface area contributed by atoms with E-state index in [1.165, 1.54) is 19.2 Å². The van der Waals surface area contributed by atoms with E-state index in [4.69, 9.17) is 4.74 Å². The van der Waals surface area contributed by atoms with Gasteiger partial charge >= 0.3 is 12.1 Å². The minimum Gasteiger partial charge on any atom is -0.489 e. The number of hydrogen-bond acceptors (Lipinski definition) is 3. The second kappa shape index (κ2) is 6.78. The van der Waals surface area contributed by atoms with Crippen molar-refractivity contribution in [2.45, 2.75) is 31.5 Å². The van der Waals surface area contributed by atoms with Crippen molar-refractivity contribution in [2.75, 3.05) is 7.11 Å². The van der Waals surface area contributed by atoms with E-state index in [-0.39, 0.29) is 12.5 Å². The number of halogens is 3. The van der Waals surface area contributed by atoms with Gasteiger partial charge in [-0.25, -0.2) is 4.79 Å². The minimum absolute atomic E-state index is 0.124. The van der Waals surface area contributed by atoms with Crippen molar-refractivity contribution in [1.29, 1.82) is 0 Å². The van der Waals surface area contributed by atoms with E-state index in [1.807, 2.05) is 0 Å². The summed E-state index contributed by atoms with van der Waals surface area (Å²) in [6.45, 7) is 0.163. The Labute approximate surface area is 143 Å². The first-order valence-electron chi connectivity index (χ1n) is 7.89. The molecule has 2 aromatic carbocycles.